The van der Waals surface area contributed by atoms with Crippen molar-refractivity contribution in [1.82, 2.24) is 19.7 Å². The molecule has 0 saturated carbocycles. The van der Waals surface area contributed by atoms with Crippen LogP contribution in [0.1, 0.15) is 24.5 Å². The molecule has 1 N–H and O–H groups in total. The first-order valence-electron chi connectivity index (χ1n) is 8.24. The van der Waals surface area contributed by atoms with E-state index in [1.165, 1.54) is 30.6 Å². The molecule has 0 radical (unpaired) electrons. The minimum absolute atomic E-state index is 0.285. The summed E-state index contributed by atoms with van der Waals surface area (Å²) in [6.07, 6.45) is 2.07. The number of aromatic nitrogens is 4. The van der Waals surface area contributed by atoms with Crippen LogP contribution in [0, 0.1) is 13.8 Å². The fourth-order valence-electron chi connectivity index (χ4n) is 2.56. The first kappa shape index (κ1) is 18.2. The molecule has 0 saturated heterocycles. The maximum Gasteiger partial charge on any atom is 0.319 e. The van der Waals surface area contributed by atoms with Gasteiger partial charge in [0, 0.05) is 0 Å². The van der Waals surface area contributed by atoms with Crippen LogP contribution in [0.15, 0.2) is 34.3 Å². The number of thioether (sulfide) groups is 1. The third-order valence-electron chi connectivity index (χ3n) is 4.24. The number of methoxy groups -OCH3 is 1. The maximum atomic E-state index is 12.4. The second-order valence-electron chi connectivity index (χ2n) is 5.97. The Hall–Kier alpha value is -2.61. The van der Waals surface area contributed by atoms with Crippen LogP contribution in [0.5, 0.6) is 0 Å². The quantitative estimate of drug-likeness (QED) is 0.421. The molecule has 1 aromatic carbocycles. The van der Waals surface area contributed by atoms with Crippen molar-refractivity contribution in [2.75, 3.05) is 7.11 Å². The van der Waals surface area contributed by atoms with Crippen LogP contribution in [0.2, 0.25) is 0 Å². The maximum absolute atomic E-state index is 12.4. The zero-order valence-electron chi connectivity index (χ0n) is 15.1. The number of H-pyrrole nitrogens is 1. The Balaban J connectivity index is 2.08. The van der Waals surface area contributed by atoms with Gasteiger partial charge in [0.05, 0.1) is 19.0 Å². The fourth-order valence-corrected chi connectivity index (χ4v) is 3.48. The van der Waals surface area contributed by atoms with Gasteiger partial charge in [0.2, 0.25) is 0 Å². The van der Waals surface area contributed by atoms with Gasteiger partial charge in [0.1, 0.15) is 10.6 Å². The number of aryl methyl sites for hydroxylation is 2. The lowest BCUT2D eigenvalue weighted by molar-refractivity contribution is -0.140. The lowest BCUT2D eigenvalue weighted by Gasteiger charge is -2.11. The summed E-state index contributed by atoms with van der Waals surface area (Å²) >= 11 is 1.18. The molecule has 0 fully saturated rings. The number of nitrogens with zero attached hydrogens (tertiary/aromatic N) is 3. The molecule has 3 rings (SSSR count). The normalized spacial score (nSPS) is 12.3. The predicted octanol–water partition coefficient (Wildman–Crippen LogP) is 2.77. The van der Waals surface area contributed by atoms with E-state index in [-0.39, 0.29) is 11.5 Å². The Morgan fingerprint density at radius 1 is 1.35 bits per heavy atom. The molecule has 2 heterocycles. The average Bonchev–Trinajstić information content (AvgIpc) is 3.06. The minimum atomic E-state index is -0.432. The average molecular weight is 372 g/mol. The molecule has 26 heavy (non-hydrogen) atoms. The van der Waals surface area contributed by atoms with Gasteiger partial charge in [0.25, 0.3) is 5.56 Å². The molecular formula is C18H20N4O3S. The summed E-state index contributed by atoms with van der Waals surface area (Å²) in [5, 5.41) is 4.66. The highest BCUT2D eigenvalue weighted by atomic mass is 32.2. The van der Waals surface area contributed by atoms with Crippen molar-refractivity contribution in [2.45, 2.75) is 37.6 Å². The number of aromatic amines is 1. The molecule has 0 amide bonds. The summed E-state index contributed by atoms with van der Waals surface area (Å²) < 4.78 is 6.44. The number of hydrogen-bond donors (Lipinski definition) is 1. The molecule has 0 aliphatic rings. The van der Waals surface area contributed by atoms with Crippen molar-refractivity contribution in [3.63, 3.8) is 0 Å². The number of fused-ring (bicyclic) bond motifs is 1. The lowest BCUT2D eigenvalue weighted by Crippen LogP contribution is -2.19. The van der Waals surface area contributed by atoms with E-state index in [1.807, 2.05) is 39.0 Å². The van der Waals surface area contributed by atoms with E-state index in [2.05, 4.69) is 15.1 Å². The SMILES string of the molecule is CC[C@@H](Sc1nc2c(cnn2-c2ccc(C)c(C)c2)c(=O)[nH]1)C(=O)OC. The number of benzene rings is 1. The van der Waals surface area contributed by atoms with E-state index in [9.17, 15) is 9.59 Å². The monoisotopic (exact) mass is 372 g/mol. The minimum Gasteiger partial charge on any atom is -0.468 e. The topological polar surface area (TPSA) is 89.9 Å². The smallest absolute Gasteiger partial charge is 0.319 e. The van der Waals surface area contributed by atoms with E-state index >= 15 is 0 Å². The van der Waals surface area contributed by atoms with Gasteiger partial charge >= 0.3 is 5.97 Å². The molecule has 8 heteroatoms. The highest BCUT2D eigenvalue weighted by molar-refractivity contribution is 8.00. The Kier molecular flexibility index (Phi) is 5.13. The zero-order valence-corrected chi connectivity index (χ0v) is 15.9. The van der Waals surface area contributed by atoms with Gasteiger partial charge in [-0.3, -0.25) is 9.59 Å². The first-order chi connectivity index (χ1) is 12.4. The van der Waals surface area contributed by atoms with Crippen molar-refractivity contribution >= 4 is 28.8 Å². The summed E-state index contributed by atoms with van der Waals surface area (Å²) in [6.45, 7) is 5.94. The van der Waals surface area contributed by atoms with Gasteiger partial charge in [-0.15, -0.1) is 0 Å². The van der Waals surface area contributed by atoms with Crippen molar-refractivity contribution in [3.05, 3.63) is 45.9 Å². The summed E-state index contributed by atoms with van der Waals surface area (Å²) in [7, 11) is 1.35. The van der Waals surface area contributed by atoms with Gasteiger partial charge in [-0.25, -0.2) is 9.67 Å². The molecule has 2 aromatic heterocycles. The Morgan fingerprint density at radius 3 is 2.77 bits per heavy atom. The highest BCUT2D eigenvalue weighted by Crippen LogP contribution is 2.24. The van der Waals surface area contributed by atoms with Crippen LogP contribution in [-0.4, -0.2) is 38.1 Å². The number of hydrogen-bond acceptors (Lipinski definition) is 6. The van der Waals surface area contributed by atoms with E-state index < -0.39 is 5.25 Å². The molecule has 0 unspecified atom stereocenters. The lowest BCUT2D eigenvalue weighted by atomic mass is 10.1. The van der Waals surface area contributed by atoms with E-state index in [0.717, 1.165) is 11.3 Å². The number of carbonyl (C=O) groups excluding carboxylic acids is 1. The van der Waals surface area contributed by atoms with Gasteiger partial charge in [-0.05, 0) is 43.5 Å². The Morgan fingerprint density at radius 2 is 2.12 bits per heavy atom. The van der Waals surface area contributed by atoms with Crippen LogP contribution in [0.25, 0.3) is 16.7 Å². The summed E-state index contributed by atoms with van der Waals surface area (Å²) in [5.41, 5.74) is 3.31. The van der Waals surface area contributed by atoms with E-state index in [1.54, 1.807) is 4.68 Å². The first-order valence-corrected chi connectivity index (χ1v) is 9.12. The fraction of sp³-hybridized carbons (Fsp3) is 0.333. The highest BCUT2D eigenvalue weighted by Gasteiger charge is 2.21. The van der Waals surface area contributed by atoms with Gasteiger partial charge in [-0.2, -0.15) is 5.10 Å². The van der Waals surface area contributed by atoms with Crippen LogP contribution in [-0.2, 0) is 9.53 Å². The van der Waals surface area contributed by atoms with Crippen LogP contribution in [0.4, 0.5) is 0 Å². The predicted molar refractivity (Wildman–Crippen MR) is 101 cm³/mol. The molecule has 3 aromatic rings. The molecule has 0 aliphatic carbocycles. The Labute approximate surface area is 154 Å². The number of rotatable bonds is 5. The third-order valence-corrected chi connectivity index (χ3v) is 5.47. The molecule has 136 valence electrons. The second-order valence-corrected chi connectivity index (χ2v) is 7.16. The Bertz CT molecular complexity index is 1020. The molecule has 0 aliphatic heterocycles. The number of carbonyl (C=O) groups is 1. The summed E-state index contributed by atoms with van der Waals surface area (Å²) in [6, 6.07) is 5.94. The van der Waals surface area contributed by atoms with Crippen LogP contribution < -0.4 is 5.56 Å². The van der Waals surface area contributed by atoms with E-state index in [0.29, 0.717) is 22.6 Å². The van der Waals surface area contributed by atoms with Gasteiger partial charge < -0.3 is 9.72 Å². The summed E-state index contributed by atoms with van der Waals surface area (Å²) in [4.78, 5) is 31.5. The third kappa shape index (κ3) is 3.37. The number of nitrogens with one attached hydrogen (secondary N) is 1. The van der Waals surface area contributed by atoms with Crippen molar-refractivity contribution in [3.8, 4) is 5.69 Å². The largest absolute Gasteiger partial charge is 0.468 e. The van der Waals surface area contributed by atoms with Crippen molar-refractivity contribution in [2.24, 2.45) is 0 Å². The molecule has 7 nitrogen and oxygen atoms in total. The van der Waals surface area contributed by atoms with E-state index in [4.69, 9.17) is 4.74 Å². The van der Waals surface area contributed by atoms with Gasteiger partial charge in [0.15, 0.2) is 10.8 Å². The van der Waals surface area contributed by atoms with Crippen LogP contribution in [0.3, 0.4) is 0 Å². The van der Waals surface area contributed by atoms with Crippen molar-refractivity contribution < 1.29 is 9.53 Å². The molecule has 0 bridgehead atoms. The van der Waals surface area contributed by atoms with Crippen LogP contribution >= 0.6 is 11.8 Å². The zero-order chi connectivity index (χ0) is 18.8. The molecule has 1 atom stereocenters. The second kappa shape index (κ2) is 7.33. The van der Waals surface area contributed by atoms with Gasteiger partial charge in [-0.1, -0.05) is 24.8 Å². The molecular weight excluding hydrogens is 352 g/mol. The standard InChI is InChI=1S/C18H20N4O3S/c1-5-14(17(24)25-4)26-18-20-15-13(16(23)21-18)9-19-22(15)12-7-6-10(2)11(3)8-12/h6-9,14H,5H2,1-4H3,(H,20,21,23)/t14-/m1/s1. The summed E-state index contributed by atoms with van der Waals surface area (Å²) in [5.74, 6) is -0.345. The van der Waals surface area contributed by atoms with Crippen molar-refractivity contribution in [1.29, 1.82) is 0 Å². The molecule has 0 spiro atoms. The number of esters is 1. The number of ether oxygens (including phenoxy) is 1.